The number of allylic oxidation sites excluding steroid dienone is 7. The standard InChI is InChI=1S/C38H31N3/c1-38(2)33-14-8-7-13-31(33)32-20-19-30(23-34(32)38)37-40-35(28-17-15-24-9-3-5-11-26(24)21-28)39-36(41-37)29-18-16-25-10-4-6-12-27(25)22-29/h3-21,23,27,36H,22H2,1-2H3,(H,39,40,41). The lowest BCUT2D eigenvalue weighted by atomic mass is 9.82. The zero-order valence-corrected chi connectivity index (χ0v) is 23.3. The van der Waals surface area contributed by atoms with Crippen LogP contribution in [0.5, 0.6) is 0 Å². The van der Waals surface area contributed by atoms with Gasteiger partial charge in [0.2, 0.25) is 0 Å². The molecule has 4 aromatic rings. The lowest BCUT2D eigenvalue weighted by Gasteiger charge is -2.30. The summed E-state index contributed by atoms with van der Waals surface area (Å²) in [5.74, 6) is 2.03. The molecule has 1 heterocycles. The molecule has 2 unspecified atom stereocenters. The van der Waals surface area contributed by atoms with Crippen molar-refractivity contribution in [3.8, 4) is 11.1 Å². The van der Waals surface area contributed by atoms with Gasteiger partial charge in [-0.2, -0.15) is 0 Å². The number of benzene rings is 4. The van der Waals surface area contributed by atoms with E-state index >= 15 is 0 Å². The second-order valence-electron chi connectivity index (χ2n) is 11.9. The summed E-state index contributed by atoms with van der Waals surface area (Å²) in [5.41, 5.74) is 10.1. The normalized spacial score (nSPS) is 21.6. The molecule has 3 nitrogen and oxygen atoms in total. The van der Waals surface area contributed by atoms with E-state index < -0.39 is 0 Å². The van der Waals surface area contributed by atoms with Crippen molar-refractivity contribution in [3.05, 3.63) is 155 Å². The van der Waals surface area contributed by atoms with Crippen molar-refractivity contribution >= 4 is 22.4 Å². The fourth-order valence-electron chi connectivity index (χ4n) is 6.79. The second kappa shape index (κ2) is 9.14. The predicted octanol–water partition coefficient (Wildman–Crippen LogP) is 8.27. The van der Waals surface area contributed by atoms with Gasteiger partial charge in [0.25, 0.3) is 0 Å². The number of hydrogen-bond acceptors (Lipinski definition) is 3. The summed E-state index contributed by atoms with van der Waals surface area (Å²) in [6.07, 6.45) is 14.0. The number of amidine groups is 2. The van der Waals surface area contributed by atoms with E-state index in [4.69, 9.17) is 9.98 Å². The van der Waals surface area contributed by atoms with E-state index in [9.17, 15) is 0 Å². The van der Waals surface area contributed by atoms with Gasteiger partial charge in [-0.15, -0.1) is 0 Å². The summed E-state index contributed by atoms with van der Waals surface area (Å²) in [5, 5.41) is 6.15. The van der Waals surface area contributed by atoms with Gasteiger partial charge in [-0.25, -0.2) is 9.98 Å². The van der Waals surface area contributed by atoms with Gasteiger partial charge in [0.15, 0.2) is 5.84 Å². The number of aliphatic imine (C=N–C) groups is 2. The largest absolute Gasteiger partial charge is 0.344 e. The Hall–Kier alpha value is -4.76. The maximum absolute atomic E-state index is 5.21. The lowest BCUT2D eigenvalue weighted by Crippen LogP contribution is -2.41. The molecule has 198 valence electrons. The van der Waals surface area contributed by atoms with E-state index in [-0.39, 0.29) is 11.6 Å². The van der Waals surface area contributed by atoms with E-state index in [2.05, 4.69) is 141 Å². The van der Waals surface area contributed by atoms with Crippen LogP contribution in [0.1, 0.15) is 42.5 Å². The van der Waals surface area contributed by atoms with Crippen LogP contribution < -0.4 is 5.32 Å². The Balaban J connectivity index is 1.23. The predicted molar refractivity (Wildman–Crippen MR) is 171 cm³/mol. The summed E-state index contributed by atoms with van der Waals surface area (Å²) in [4.78, 5) is 10.4. The van der Waals surface area contributed by atoms with Gasteiger partial charge in [-0.1, -0.05) is 123 Å². The van der Waals surface area contributed by atoms with Crippen LogP contribution >= 0.6 is 0 Å². The Labute approximate surface area is 241 Å². The molecule has 0 aromatic heterocycles. The van der Waals surface area contributed by atoms with Crippen LogP contribution in [-0.4, -0.2) is 17.8 Å². The van der Waals surface area contributed by atoms with E-state index in [1.165, 1.54) is 44.2 Å². The molecule has 0 saturated heterocycles. The molecular weight excluding hydrogens is 498 g/mol. The van der Waals surface area contributed by atoms with Crippen molar-refractivity contribution in [3.63, 3.8) is 0 Å². The van der Waals surface area contributed by atoms with Gasteiger partial charge >= 0.3 is 0 Å². The molecule has 4 aromatic carbocycles. The molecule has 3 aliphatic carbocycles. The minimum atomic E-state index is -0.181. The molecule has 0 radical (unpaired) electrons. The van der Waals surface area contributed by atoms with Crippen molar-refractivity contribution in [2.75, 3.05) is 0 Å². The highest BCUT2D eigenvalue weighted by atomic mass is 15.2. The Morgan fingerprint density at radius 2 is 1.56 bits per heavy atom. The first-order chi connectivity index (χ1) is 20.0. The number of nitrogens with zero attached hydrogens (tertiary/aromatic N) is 2. The van der Waals surface area contributed by atoms with Crippen LogP contribution in [0.4, 0.5) is 0 Å². The van der Waals surface area contributed by atoms with Crippen molar-refractivity contribution < 1.29 is 0 Å². The minimum absolute atomic E-state index is 0.0697. The molecule has 1 N–H and O–H groups in total. The summed E-state index contributed by atoms with van der Waals surface area (Å²) >= 11 is 0. The Bertz CT molecular complexity index is 1930. The highest BCUT2D eigenvalue weighted by Gasteiger charge is 2.36. The van der Waals surface area contributed by atoms with E-state index in [1.54, 1.807) is 0 Å². The molecule has 0 spiro atoms. The number of rotatable bonds is 3. The molecule has 0 amide bonds. The fraction of sp³-hybridized carbons (Fsp3) is 0.158. The minimum Gasteiger partial charge on any atom is -0.344 e. The van der Waals surface area contributed by atoms with Crippen LogP contribution in [0.2, 0.25) is 0 Å². The van der Waals surface area contributed by atoms with Crippen LogP contribution in [0.25, 0.3) is 21.9 Å². The molecule has 2 atom stereocenters. The summed E-state index contributed by atoms with van der Waals surface area (Å²) in [6.45, 7) is 4.65. The molecule has 1 aliphatic heterocycles. The number of nitrogens with one attached hydrogen (secondary N) is 1. The van der Waals surface area contributed by atoms with E-state index in [0.29, 0.717) is 5.92 Å². The quantitative estimate of drug-likeness (QED) is 0.285. The van der Waals surface area contributed by atoms with Gasteiger partial charge in [-0.05, 0) is 62.7 Å². The topological polar surface area (TPSA) is 36.8 Å². The Morgan fingerprint density at radius 3 is 2.49 bits per heavy atom. The second-order valence-corrected chi connectivity index (χ2v) is 11.9. The zero-order valence-electron chi connectivity index (χ0n) is 23.3. The molecule has 8 rings (SSSR count). The van der Waals surface area contributed by atoms with E-state index in [0.717, 1.165) is 29.2 Å². The third-order valence-corrected chi connectivity index (χ3v) is 9.08. The third kappa shape index (κ3) is 3.95. The molecule has 4 aliphatic rings. The SMILES string of the molecule is CC1(C)c2ccccc2-c2ccc(C3=NC(c4ccc5ccccc5c4)=NC(C4=CC=C5C=CC=CC5C4)N3)cc21. The summed E-state index contributed by atoms with van der Waals surface area (Å²) in [6, 6.07) is 30.6. The van der Waals surface area contributed by atoms with Crippen molar-refractivity contribution in [1.82, 2.24) is 5.32 Å². The first kappa shape index (κ1) is 24.1. The van der Waals surface area contributed by atoms with Crippen molar-refractivity contribution in [1.29, 1.82) is 0 Å². The first-order valence-corrected chi connectivity index (χ1v) is 14.5. The van der Waals surface area contributed by atoms with Gasteiger partial charge < -0.3 is 5.32 Å². The van der Waals surface area contributed by atoms with Gasteiger partial charge in [0.1, 0.15) is 12.0 Å². The van der Waals surface area contributed by atoms with Crippen LogP contribution in [0.3, 0.4) is 0 Å². The van der Waals surface area contributed by atoms with Crippen LogP contribution in [-0.2, 0) is 5.41 Å². The molecule has 0 bridgehead atoms. The van der Waals surface area contributed by atoms with E-state index in [1.807, 2.05) is 0 Å². The van der Waals surface area contributed by atoms with Gasteiger partial charge in [0.05, 0.1) is 0 Å². The van der Waals surface area contributed by atoms with Crippen LogP contribution in [0, 0.1) is 5.92 Å². The zero-order chi connectivity index (χ0) is 27.6. The van der Waals surface area contributed by atoms with Crippen molar-refractivity contribution in [2.24, 2.45) is 15.9 Å². The summed E-state index contributed by atoms with van der Waals surface area (Å²) < 4.78 is 0. The number of fused-ring (bicyclic) bond motifs is 5. The molecule has 41 heavy (non-hydrogen) atoms. The average molecular weight is 530 g/mol. The third-order valence-electron chi connectivity index (χ3n) is 9.08. The molecular formula is C38H31N3. The van der Waals surface area contributed by atoms with Crippen molar-refractivity contribution in [2.45, 2.75) is 31.8 Å². The van der Waals surface area contributed by atoms with Gasteiger partial charge in [0, 0.05) is 22.5 Å². The Kier molecular flexibility index (Phi) is 5.36. The number of hydrogen-bond donors (Lipinski definition) is 1. The maximum Gasteiger partial charge on any atom is 0.159 e. The molecule has 0 fully saturated rings. The van der Waals surface area contributed by atoms with Crippen LogP contribution in [0.15, 0.2) is 143 Å². The van der Waals surface area contributed by atoms with Gasteiger partial charge in [-0.3, -0.25) is 0 Å². The fourth-order valence-corrected chi connectivity index (χ4v) is 6.79. The maximum atomic E-state index is 5.21. The average Bonchev–Trinajstić information content (AvgIpc) is 3.26. The highest BCUT2D eigenvalue weighted by molar-refractivity contribution is 6.14. The molecule has 3 heteroatoms. The summed E-state index contributed by atoms with van der Waals surface area (Å²) in [7, 11) is 0. The Morgan fingerprint density at radius 1 is 0.756 bits per heavy atom. The lowest BCUT2D eigenvalue weighted by molar-refractivity contribution is 0.630. The first-order valence-electron chi connectivity index (χ1n) is 14.5. The molecule has 0 saturated carbocycles. The monoisotopic (exact) mass is 529 g/mol. The smallest absolute Gasteiger partial charge is 0.159 e. The highest BCUT2D eigenvalue weighted by Crippen LogP contribution is 2.48.